The van der Waals surface area contributed by atoms with Crippen LogP contribution in [0.5, 0.6) is 0 Å². The third-order valence-corrected chi connectivity index (χ3v) is 6.06. The van der Waals surface area contributed by atoms with Crippen LogP contribution in [-0.2, 0) is 0 Å². The Kier molecular flexibility index (Phi) is 16.7. The molecule has 0 saturated carbocycles. The van der Waals surface area contributed by atoms with Gasteiger partial charge in [-0.3, -0.25) is 0 Å². The van der Waals surface area contributed by atoms with Crippen molar-refractivity contribution in [2.75, 3.05) is 18.0 Å². The summed E-state index contributed by atoms with van der Waals surface area (Å²) >= 11 is 0. The molecular weight excluding hydrogens is 350 g/mol. The van der Waals surface area contributed by atoms with Crippen molar-refractivity contribution in [2.24, 2.45) is 0 Å². The van der Waals surface area contributed by atoms with Crippen LogP contribution >= 0.6 is 0 Å². The van der Waals surface area contributed by atoms with Crippen molar-refractivity contribution in [1.82, 2.24) is 0 Å². The Balaban J connectivity index is 2.30. The largest absolute Gasteiger partial charge is 0.372 e. The quantitative estimate of drug-likeness (QED) is 0.197. The Hall–Kier alpha value is -1.24. The molecule has 0 aromatic heterocycles. The molecule has 0 atom stereocenters. The fourth-order valence-electron chi connectivity index (χ4n) is 4.06. The maximum atomic E-state index is 3.89. The van der Waals surface area contributed by atoms with E-state index in [1.807, 2.05) is 6.08 Å². The predicted molar refractivity (Wildman–Crippen MR) is 134 cm³/mol. The van der Waals surface area contributed by atoms with E-state index in [4.69, 9.17) is 0 Å². The zero-order valence-electron chi connectivity index (χ0n) is 19.8. The summed E-state index contributed by atoms with van der Waals surface area (Å²) in [6.07, 6.45) is 24.2. The maximum absolute atomic E-state index is 3.89. The molecule has 1 heteroatoms. The first kappa shape index (κ1) is 25.8. The van der Waals surface area contributed by atoms with Gasteiger partial charge in [0.1, 0.15) is 0 Å². The lowest BCUT2D eigenvalue weighted by Gasteiger charge is -2.25. The van der Waals surface area contributed by atoms with E-state index in [9.17, 15) is 0 Å². The van der Waals surface area contributed by atoms with E-state index < -0.39 is 0 Å². The van der Waals surface area contributed by atoms with Crippen LogP contribution < -0.4 is 4.90 Å². The minimum atomic E-state index is 1.21. The van der Waals surface area contributed by atoms with E-state index in [-0.39, 0.29) is 0 Å². The van der Waals surface area contributed by atoms with Gasteiger partial charge in [0.2, 0.25) is 0 Å². The summed E-state index contributed by atoms with van der Waals surface area (Å²) in [5.41, 5.74) is 2.61. The van der Waals surface area contributed by atoms with Gasteiger partial charge < -0.3 is 4.90 Å². The summed E-state index contributed by atoms with van der Waals surface area (Å²) < 4.78 is 0. The molecule has 1 aromatic carbocycles. The monoisotopic (exact) mass is 399 g/mol. The number of nitrogens with zero attached hydrogens (tertiary/aromatic N) is 1. The van der Waals surface area contributed by atoms with Crippen molar-refractivity contribution in [3.63, 3.8) is 0 Å². The van der Waals surface area contributed by atoms with Crippen LogP contribution in [0.2, 0.25) is 0 Å². The van der Waals surface area contributed by atoms with Gasteiger partial charge in [-0.25, -0.2) is 0 Å². The minimum absolute atomic E-state index is 1.21. The molecule has 166 valence electrons. The smallest absolute Gasteiger partial charge is 0.0366 e. The summed E-state index contributed by atoms with van der Waals surface area (Å²) in [6.45, 7) is 10.9. The lowest BCUT2D eigenvalue weighted by atomic mass is 10.1. The Morgan fingerprint density at radius 3 is 1.34 bits per heavy atom. The molecule has 29 heavy (non-hydrogen) atoms. The van der Waals surface area contributed by atoms with Crippen molar-refractivity contribution in [3.8, 4) is 0 Å². The van der Waals surface area contributed by atoms with Crippen LogP contribution in [0.3, 0.4) is 0 Å². The summed E-state index contributed by atoms with van der Waals surface area (Å²) in [5, 5.41) is 0. The summed E-state index contributed by atoms with van der Waals surface area (Å²) in [7, 11) is 0. The van der Waals surface area contributed by atoms with Gasteiger partial charge in [-0.15, -0.1) is 0 Å². The minimum Gasteiger partial charge on any atom is -0.372 e. The summed E-state index contributed by atoms with van der Waals surface area (Å²) in [4.78, 5) is 2.63. The van der Waals surface area contributed by atoms with Crippen LogP contribution in [-0.4, -0.2) is 13.1 Å². The molecule has 0 radical (unpaired) electrons. The second-order valence-corrected chi connectivity index (χ2v) is 8.73. The summed E-state index contributed by atoms with van der Waals surface area (Å²) in [5.74, 6) is 0. The van der Waals surface area contributed by atoms with Crippen molar-refractivity contribution >= 4 is 11.8 Å². The normalized spacial score (nSPS) is 11.0. The highest BCUT2D eigenvalue weighted by molar-refractivity contribution is 5.54. The van der Waals surface area contributed by atoms with Crippen LogP contribution in [0.15, 0.2) is 30.8 Å². The molecule has 0 aliphatic carbocycles. The Morgan fingerprint density at radius 1 is 0.586 bits per heavy atom. The van der Waals surface area contributed by atoms with Crippen molar-refractivity contribution in [1.29, 1.82) is 0 Å². The first-order valence-electron chi connectivity index (χ1n) is 12.8. The van der Waals surface area contributed by atoms with Gasteiger partial charge >= 0.3 is 0 Å². The molecule has 0 unspecified atom stereocenters. The average Bonchev–Trinajstić information content (AvgIpc) is 2.76. The van der Waals surface area contributed by atoms with Gasteiger partial charge in [0.15, 0.2) is 0 Å². The third kappa shape index (κ3) is 13.6. The van der Waals surface area contributed by atoms with Gasteiger partial charge in [-0.05, 0) is 30.5 Å². The van der Waals surface area contributed by atoms with Gasteiger partial charge in [-0.2, -0.15) is 0 Å². The van der Waals surface area contributed by atoms with Crippen LogP contribution in [0.25, 0.3) is 6.08 Å². The number of anilines is 1. The fraction of sp³-hybridized carbons (Fsp3) is 0.714. The number of unbranched alkanes of at least 4 members (excludes halogenated alkanes) is 14. The molecule has 0 aliphatic heterocycles. The predicted octanol–water partition coefficient (Wildman–Crippen LogP) is 9.42. The molecule has 0 amide bonds. The molecule has 0 spiro atoms. The molecule has 0 aliphatic rings. The number of hydrogen-bond acceptors (Lipinski definition) is 1. The Bertz CT molecular complexity index is 456. The van der Waals surface area contributed by atoms with Crippen molar-refractivity contribution in [2.45, 2.75) is 117 Å². The lowest BCUT2D eigenvalue weighted by molar-refractivity contribution is 0.555. The highest BCUT2D eigenvalue weighted by Gasteiger charge is 2.06. The van der Waals surface area contributed by atoms with E-state index in [0.29, 0.717) is 0 Å². The Labute approximate surface area is 183 Å². The van der Waals surface area contributed by atoms with Crippen LogP contribution in [0, 0.1) is 0 Å². The first-order valence-corrected chi connectivity index (χ1v) is 12.8. The molecule has 0 bridgehead atoms. The number of rotatable bonds is 20. The van der Waals surface area contributed by atoms with Gasteiger partial charge in [-0.1, -0.05) is 129 Å². The van der Waals surface area contributed by atoms with Crippen LogP contribution in [0.4, 0.5) is 5.69 Å². The van der Waals surface area contributed by atoms with Crippen molar-refractivity contribution in [3.05, 3.63) is 36.4 Å². The van der Waals surface area contributed by atoms with Gasteiger partial charge in [0.05, 0.1) is 0 Å². The molecule has 0 heterocycles. The molecule has 0 fully saturated rings. The standard InChI is InChI=1S/C28H49N/c1-4-7-9-11-13-15-17-19-25-29(28-23-21-27(6-3)22-24-28)26-20-18-16-14-12-10-8-5-2/h6,21-24H,3-5,7-20,25-26H2,1-2H3. The number of benzene rings is 1. The van der Waals surface area contributed by atoms with Crippen molar-refractivity contribution < 1.29 is 0 Å². The second kappa shape index (κ2) is 18.8. The first-order chi connectivity index (χ1) is 14.3. The van der Waals surface area contributed by atoms with E-state index >= 15 is 0 Å². The fourth-order valence-corrected chi connectivity index (χ4v) is 4.06. The molecule has 1 nitrogen and oxygen atoms in total. The molecule has 0 N–H and O–H groups in total. The van der Waals surface area contributed by atoms with E-state index in [1.54, 1.807) is 0 Å². The van der Waals surface area contributed by atoms with E-state index in [1.165, 1.54) is 127 Å². The zero-order valence-corrected chi connectivity index (χ0v) is 19.8. The SMILES string of the molecule is C=Cc1ccc(N(CCCCCCCCCC)CCCCCCCCCC)cc1. The Morgan fingerprint density at radius 2 is 0.966 bits per heavy atom. The second-order valence-electron chi connectivity index (χ2n) is 8.73. The average molecular weight is 400 g/mol. The molecule has 0 saturated heterocycles. The van der Waals surface area contributed by atoms with Gasteiger partial charge in [0, 0.05) is 18.8 Å². The highest BCUT2D eigenvalue weighted by atomic mass is 15.1. The van der Waals surface area contributed by atoms with Gasteiger partial charge in [0.25, 0.3) is 0 Å². The summed E-state index contributed by atoms with van der Waals surface area (Å²) in [6, 6.07) is 8.98. The van der Waals surface area contributed by atoms with E-state index in [0.717, 1.165) is 0 Å². The highest BCUT2D eigenvalue weighted by Crippen LogP contribution is 2.19. The third-order valence-electron chi connectivity index (χ3n) is 6.06. The lowest BCUT2D eigenvalue weighted by Crippen LogP contribution is -2.25. The van der Waals surface area contributed by atoms with E-state index in [2.05, 4.69) is 49.6 Å². The molecule has 1 aromatic rings. The van der Waals surface area contributed by atoms with Crippen LogP contribution in [0.1, 0.15) is 122 Å². The molecule has 1 rings (SSSR count). The zero-order chi connectivity index (χ0) is 21.0. The molecular formula is C28H49N. The topological polar surface area (TPSA) is 3.24 Å². The number of hydrogen-bond donors (Lipinski definition) is 0. The maximum Gasteiger partial charge on any atom is 0.0366 e.